The van der Waals surface area contributed by atoms with E-state index in [0.717, 1.165) is 43.7 Å². The van der Waals surface area contributed by atoms with E-state index in [-0.39, 0.29) is 0 Å². The SMILES string of the molecule is c1ccc(-c2nc(N3CCN(C4CC4)CC3)no2)cc1. The molecule has 0 radical (unpaired) electrons. The van der Waals surface area contributed by atoms with Crippen molar-refractivity contribution >= 4 is 5.95 Å². The van der Waals surface area contributed by atoms with Crippen LogP contribution >= 0.6 is 0 Å². The van der Waals surface area contributed by atoms with Crippen molar-refractivity contribution in [2.45, 2.75) is 18.9 Å². The van der Waals surface area contributed by atoms with E-state index in [1.807, 2.05) is 30.3 Å². The summed E-state index contributed by atoms with van der Waals surface area (Å²) in [6.45, 7) is 4.20. The number of rotatable bonds is 3. The van der Waals surface area contributed by atoms with E-state index in [4.69, 9.17) is 4.52 Å². The molecule has 0 unspecified atom stereocenters. The Morgan fingerprint density at radius 2 is 1.75 bits per heavy atom. The van der Waals surface area contributed by atoms with Gasteiger partial charge in [-0.1, -0.05) is 18.2 Å². The normalized spacial score (nSPS) is 20.3. The number of aromatic nitrogens is 2. The number of nitrogens with zero attached hydrogens (tertiary/aromatic N) is 4. The molecule has 1 aliphatic carbocycles. The molecular weight excluding hydrogens is 252 g/mol. The molecule has 1 saturated carbocycles. The Kier molecular flexibility index (Phi) is 2.92. The molecule has 20 heavy (non-hydrogen) atoms. The summed E-state index contributed by atoms with van der Waals surface area (Å²) >= 11 is 0. The fourth-order valence-electron chi connectivity index (χ4n) is 2.77. The van der Waals surface area contributed by atoms with Gasteiger partial charge in [-0.25, -0.2) is 0 Å². The molecule has 4 rings (SSSR count). The van der Waals surface area contributed by atoms with Gasteiger partial charge in [0.1, 0.15) is 0 Å². The van der Waals surface area contributed by atoms with Crippen LogP contribution in [0.1, 0.15) is 12.8 Å². The Morgan fingerprint density at radius 3 is 2.45 bits per heavy atom. The quantitative estimate of drug-likeness (QED) is 0.854. The van der Waals surface area contributed by atoms with Crippen LogP contribution in [0.2, 0.25) is 0 Å². The fraction of sp³-hybridized carbons (Fsp3) is 0.467. The van der Waals surface area contributed by atoms with Gasteiger partial charge >= 0.3 is 0 Å². The molecule has 1 aromatic carbocycles. The van der Waals surface area contributed by atoms with Crippen molar-refractivity contribution < 1.29 is 4.52 Å². The molecule has 1 saturated heterocycles. The van der Waals surface area contributed by atoms with E-state index in [2.05, 4.69) is 19.9 Å². The molecule has 104 valence electrons. The van der Waals surface area contributed by atoms with Gasteiger partial charge in [0.15, 0.2) is 0 Å². The molecular formula is C15H18N4O. The van der Waals surface area contributed by atoms with Crippen LogP contribution in [0.3, 0.4) is 0 Å². The zero-order valence-corrected chi connectivity index (χ0v) is 11.4. The van der Waals surface area contributed by atoms with E-state index in [9.17, 15) is 0 Å². The van der Waals surface area contributed by atoms with Crippen LogP contribution in [-0.2, 0) is 0 Å². The van der Waals surface area contributed by atoms with Gasteiger partial charge in [0.2, 0.25) is 0 Å². The van der Waals surface area contributed by atoms with Crippen molar-refractivity contribution in [1.82, 2.24) is 15.0 Å². The van der Waals surface area contributed by atoms with Crippen LogP contribution in [0.15, 0.2) is 34.9 Å². The van der Waals surface area contributed by atoms with E-state index >= 15 is 0 Å². The number of hydrogen-bond acceptors (Lipinski definition) is 5. The second kappa shape index (κ2) is 4.90. The first kappa shape index (κ1) is 11.9. The Hall–Kier alpha value is -1.88. The number of hydrogen-bond donors (Lipinski definition) is 0. The van der Waals surface area contributed by atoms with Gasteiger partial charge in [-0.05, 0) is 30.1 Å². The average Bonchev–Trinajstić information content (AvgIpc) is 3.25. The van der Waals surface area contributed by atoms with E-state index < -0.39 is 0 Å². The highest BCUT2D eigenvalue weighted by molar-refractivity contribution is 5.54. The van der Waals surface area contributed by atoms with Crippen molar-refractivity contribution in [2.75, 3.05) is 31.1 Å². The van der Waals surface area contributed by atoms with Gasteiger partial charge in [0.25, 0.3) is 11.8 Å². The summed E-state index contributed by atoms with van der Waals surface area (Å²) in [7, 11) is 0. The van der Waals surface area contributed by atoms with Crippen LogP contribution in [0.5, 0.6) is 0 Å². The largest absolute Gasteiger partial charge is 0.336 e. The van der Waals surface area contributed by atoms with Crippen molar-refractivity contribution in [3.05, 3.63) is 30.3 Å². The van der Waals surface area contributed by atoms with Gasteiger partial charge < -0.3 is 9.42 Å². The van der Waals surface area contributed by atoms with Crippen molar-refractivity contribution in [2.24, 2.45) is 0 Å². The molecule has 2 aliphatic rings. The molecule has 1 aliphatic heterocycles. The number of anilines is 1. The number of piperazine rings is 1. The third-order valence-electron chi connectivity index (χ3n) is 4.10. The third-order valence-corrected chi connectivity index (χ3v) is 4.10. The molecule has 0 atom stereocenters. The minimum Gasteiger partial charge on any atom is -0.336 e. The smallest absolute Gasteiger partial charge is 0.266 e. The predicted molar refractivity (Wildman–Crippen MR) is 76.5 cm³/mol. The van der Waals surface area contributed by atoms with Gasteiger partial charge in [-0.3, -0.25) is 4.90 Å². The fourth-order valence-corrected chi connectivity index (χ4v) is 2.77. The molecule has 2 heterocycles. The van der Waals surface area contributed by atoms with Crippen molar-refractivity contribution in [1.29, 1.82) is 0 Å². The van der Waals surface area contributed by atoms with E-state index in [1.165, 1.54) is 12.8 Å². The second-order valence-electron chi connectivity index (χ2n) is 5.52. The minimum absolute atomic E-state index is 0.602. The molecule has 0 N–H and O–H groups in total. The molecule has 0 spiro atoms. The topological polar surface area (TPSA) is 45.4 Å². The van der Waals surface area contributed by atoms with E-state index in [0.29, 0.717) is 5.89 Å². The summed E-state index contributed by atoms with van der Waals surface area (Å²) < 4.78 is 5.37. The first-order valence-corrected chi connectivity index (χ1v) is 7.28. The van der Waals surface area contributed by atoms with Crippen molar-refractivity contribution in [3.63, 3.8) is 0 Å². The highest BCUT2D eigenvalue weighted by Crippen LogP contribution is 2.28. The van der Waals surface area contributed by atoms with Gasteiger partial charge in [-0.2, -0.15) is 4.98 Å². The van der Waals surface area contributed by atoms with Crippen LogP contribution < -0.4 is 4.90 Å². The molecule has 2 aromatic rings. The first-order valence-electron chi connectivity index (χ1n) is 7.28. The van der Waals surface area contributed by atoms with Crippen LogP contribution in [0, 0.1) is 0 Å². The Labute approximate surface area is 118 Å². The van der Waals surface area contributed by atoms with Gasteiger partial charge in [0.05, 0.1) is 0 Å². The Balaban J connectivity index is 1.46. The van der Waals surface area contributed by atoms with Gasteiger partial charge in [-0.15, -0.1) is 0 Å². The molecule has 5 nitrogen and oxygen atoms in total. The maximum Gasteiger partial charge on any atom is 0.266 e. The first-order chi connectivity index (χ1) is 9.90. The lowest BCUT2D eigenvalue weighted by atomic mass is 10.2. The molecule has 2 fully saturated rings. The highest BCUT2D eigenvalue weighted by Gasteiger charge is 2.32. The van der Waals surface area contributed by atoms with Gasteiger partial charge in [0, 0.05) is 37.8 Å². The molecule has 1 aromatic heterocycles. The zero-order valence-electron chi connectivity index (χ0n) is 11.4. The van der Waals surface area contributed by atoms with E-state index in [1.54, 1.807) is 0 Å². The Bertz CT molecular complexity index is 571. The summed E-state index contributed by atoms with van der Waals surface area (Å²) in [5.41, 5.74) is 0.975. The lowest BCUT2D eigenvalue weighted by Gasteiger charge is -2.33. The summed E-state index contributed by atoms with van der Waals surface area (Å²) in [5, 5.41) is 4.12. The maximum absolute atomic E-state index is 5.37. The summed E-state index contributed by atoms with van der Waals surface area (Å²) in [6.07, 6.45) is 2.75. The third kappa shape index (κ3) is 2.29. The summed E-state index contributed by atoms with van der Waals surface area (Å²) in [6, 6.07) is 10.8. The molecule has 5 heteroatoms. The average molecular weight is 270 g/mol. The lowest BCUT2D eigenvalue weighted by Crippen LogP contribution is -2.47. The van der Waals surface area contributed by atoms with Crippen LogP contribution in [0.25, 0.3) is 11.5 Å². The monoisotopic (exact) mass is 270 g/mol. The predicted octanol–water partition coefficient (Wildman–Crippen LogP) is 2.02. The molecule has 0 bridgehead atoms. The summed E-state index contributed by atoms with van der Waals surface area (Å²) in [4.78, 5) is 9.31. The van der Waals surface area contributed by atoms with Crippen LogP contribution in [-0.4, -0.2) is 47.3 Å². The standard InChI is InChI=1S/C15H18N4O/c1-2-4-12(5-3-1)14-16-15(17-20-14)19-10-8-18(9-11-19)13-6-7-13/h1-5,13H,6-11H2. The zero-order chi connectivity index (χ0) is 13.4. The molecule has 0 amide bonds. The second-order valence-corrected chi connectivity index (χ2v) is 5.52. The Morgan fingerprint density at radius 1 is 1.00 bits per heavy atom. The summed E-state index contributed by atoms with van der Waals surface area (Å²) in [5.74, 6) is 1.32. The highest BCUT2D eigenvalue weighted by atomic mass is 16.5. The van der Waals surface area contributed by atoms with Crippen LogP contribution in [0.4, 0.5) is 5.95 Å². The maximum atomic E-state index is 5.37. The number of benzene rings is 1. The van der Waals surface area contributed by atoms with Crippen molar-refractivity contribution in [3.8, 4) is 11.5 Å². The lowest BCUT2D eigenvalue weighted by molar-refractivity contribution is 0.246. The minimum atomic E-state index is 0.602.